The van der Waals surface area contributed by atoms with Crippen LogP contribution in [0.1, 0.15) is 33.6 Å². The van der Waals surface area contributed by atoms with Crippen LogP contribution in [0.3, 0.4) is 0 Å². The topological polar surface area (TPSA) is 17.1 Å². The van der Waals surface area contributed by atoms with Crippen molar-refractivity contribution in [3.63, 3.8) is 0 Å². The molecule has 0 radical (unpaired) electrons. The molecule has 0 aromatic heterocycles. The molecule has 1 atom stereocenters. The molecule has 1 nitrogen and oxygen atoms in total. The van der Waals surface area contributed by atoms with Gasteiger partial charge >= 0.3 is 0 Å². The molecule has 0 aliphatic rings. The van der Waals surface area contributed by atoms with Crippen molar-refractivity contribution in [1.29, 1.82) is 0 Å². The first-order valence-corrected chi connectivity index (χ1v) is 3.71. The molecular formula is C8H16O. The average Bonchev–Trinajstić information content (AvgIpc) is 1.90. The molecule has 0 fully saturated rings. The van der Waals surface area contributed by atoms with Gasteiger partial charge in [0, 0.05) is 5.92 Å². The van der Waals surface area contributed by atoms with E-state index in [0.29, 0.717) is 5.92 Å². The summed E-state index contributed by atoms with van der Waals surface area (Å²) in [6, 6.07) is 0. The van der Waals surface area contributed by atoms with Crippen LogP contribution < -0.4 is 0 Å². The maximum absolute atomic E-state index is 10.3. The molecule has 0 unspecified atom stereocenters. The molecule has 0 aliphatic carbocycles. The summed E-state index contributed by atoms with van der Waals surface area (Å²) in [5.74, 6) is 0.850. The predicted molar refractivity (Wildman–Crippen MR) is 39.3 cm³/mol. The summed E-state index contributed by atoms with van der Waals surface area (Å²) in [5, 5.41) is 0. The standard InChI is InChI=1S/C8H16O/c1-4-8(5-2)7(3)6-9/h6-8H,4-5H2,1-3H3/t7-/m1/s1. The summed E-state index contributed by atoms with van der Waals surface area (Å²) in [4.78, 5) is 10.3. The van der Waals surface area contributed by atoms with E-state index < -0.39 is 0 Å². The Labute approximate surface area is 57.5 Å². The van der Waals surface area contributed by atoms with E-state index in [0.717, 1.165) is 19.1 Å². The SMILES string of the molecule is CCC(CC)[C@H](C)C=O. The van der Waals surface area contributed by atoms with Crippen LogP contribution in [0.15, 0.2) is 0 Å². The van der Waals surface area contributed by atoms with Gasteiger partial charge in [0.05, 0.1) is 0 Å². The molecule has 1 heteroatoms. The van der Waals surface area contributed by atoms with Crippen molar-refractivity contribution in [3.05, 3.63) is 0 Å². The Balaban J connectivity index is 3.63. The van der Waals surface area contributed by atoms with E-state index >= 15 is 0 Å². The van der Waals surface area contributed by atoms with Crippen LogP contribution in [0.5, 0.6) is 0 Å². The number of rotatable bonds is 4. The predicted octanol–water partition coefficient (Wildman–Crippen LogP) is 2.26. The summed E-state index contributed by atoms with van der Waals surface area (Å²) in [7, 11) is 0. The third-order valence-electron chi connectivity index (χ3n) is 2.01. The molecular weight excluding hydrogens is 112 g/mol. The van der Waals surface area contributed by atoms with Gasteiger partial charge in [-0.15, -0.1) is 0 Å². The van der Waals surface area contributed by atoms with Crippen LogP contribution in [-0.2, 0) is 4.79 Å². The quantitative estimate of drug-likeness (QED) is 0.531. The highest BCUT2D eigenvalue weighted by molar-refractivity contribution is 5.53. The van der Waals surface area contributed by atoms with E-state index in [1.807, 2.05) is 6.92 Å². The third kappa shape index (κ3) is 2.64. The lowest BCUT2D eigenvalue weighted by Crippen LogP contribution is -2.10. The Bertz CT molecular complexity index is 74.6. The minimum absolute atomic E-state index is 0.250. The highest BCUT2D eigenvalue weighted by Gasteiger charge is 2.10. The number of hydrogen-bond donors (Lipinski definition) is 0. The second-order valence-electron chi connectivity index (χ2n) is 2.57. The van der Waals surface area contributed by atoms with Crippen molar-refractivity contribution in [2.24, 2.45) is 11.8 Å². The summed E-state index contributed by atoms with van der Waals surface area (Å²) in [6.45, 7) is 6.26. The Morgan fingerprint density at radius 1 is 1.33 bits per heavy atom. The van der Waals surface area contributed by atoms with Crippen LogP contribution in [0.2, 0.25) is 0 Å². The fourth-order valence-electron chi connectivity index (χ4n) is 1.14. The monoisotopic (exact) mass is 128 g/mol. The molecule has 0 saturated carbocycles. The number of aldehydes is 1. The zero-order valence-corrected chi connectivity index (χ0v) is 6.55. The van der Waals surface area contributed by atoms with Crippen molar-refractivity contribution in [2.45, 2.75) is 33.6 Å². The highest BCUT2D eigenvalue weighted by atomic mass is 16.1. The van der Waals surface area contributed by atoms with Gasteiger partial charge in [-0.2, -0.15) is 0 Å². The maximum atomic E-state index is 10.3. The Morgan fingerprint density at radius 2 is 1.78 bits per heavy atom. The molecule has 0 saturated heterocycles. The molecule has 0 rings (SSSR count). The summed E-state index contributed by atoms with van der Waals surface area (Å²) >= 11 is 0. The third-order valence-corrected chi connectivity index (χ3v) is 2.01. The minimum atomic E-state index is 0.250. The molecule has 54 valence electrons. The van der Waals surface area contributed by atoms with E-state index in [4.69, 9.17) is 0 Å². The van der Waals surface area contributed by atoms with Gasteiger partial charge in [0.1, 0.15) is 6.29 Å². The second kappa shape index (κ2) is 4.54. The lowest BCUT2D eigenvalue weighted by molar-refractivity contribution is -0.112. The van der Waals surface area contributed by atoms with Gasteiger partial charge in [0.2, 0.25) is 0 Å². The number of carbonyl (C=O) groups is 1. The van der Waals surface area contributed by atoms with E-state index in [1.54, 1.807) is 0 Å². The first-order chi connectivity index (χ1) is 4.26. The van der Waals surface area contributed by atoms with Gasteiger partial charge in [-0.05, 0) is 5.92 Å². The molecule has 0 spiro atoms. The van der Waals surface area contributed by atoms with Crippen LogP contribution in [-0.4, -0.2) is 6.29 Å². The van der Waals surface area contributed by atoms with Gasteiger partial charge in [-0.25, -0.2) is 0 Å². The van der Waals surface area contributed by atoms with E-state index in [-0.39, 0.29) is 5.92 Å². The van der Waals surface area contributed by atoms with Crippen LogP contribution in [0.4, 0.5) is 0 Å². The van der Waals surface area contributed by atoms with Crippen molar-refractivity contribution in [2.75, 3.05) is 0 Å². The van der Waals surface area contributed by atoms with Gasteiger partial charge in [0.25, 0.3) is 0 Å². The molecule has 0 heterocycles. The molecule has 0 bridgehead atoms. The number of carbonyl (C=O) groups excluding carboxylic acids is 1. The molecule has 0 aromatic carbocycles. The average molecular weight is 128 g/mol. The van der Waals surface area contributed by atoms with E-state index in [9.17, 15) is 4.79 Å². The Kier molecular flexibility index (Phi) is 4.37. The molecule has 0 N–H and O–H groups in total. The van der Waals surface area contributed by atoms with E-state index in [1.165, 1.54) is 0 Å². The van der Waals surface area contributed by atoms with Crippen molar-refractivity contribution >= 4 is 6.29 Å². The van der Waals surface area contributed by atoms with Crippen molar-refractivity contribution in [1.82, 2.24) is 0 Å². The number of hydrogen-bond acceptors (Lipinski definition) is 1. The molecule has 0 aliphatic heterocycles. The normalized spacial score (nSPS) is 13.8. The fraction of sp³-hybridized carbons (Fsp3) is 0.875. The summed E-state index contributed by atoms with van der Waals surface area (Å²) in [6.07, 6.45) is 3.30. The summed E-state index contributed by atoms with van der Waals surface area (Å²) < 4.78 is 0. The van der Waals surface area contributed by atoms with Crippen molar-refractivity contribution in [3.8, 4) is 0 Å². The largest absolute Gasteiger partial charge is 0.303 e. The minimum Gasteiger partial charge on any atom is -0.303 e. The van der Waals surface area contributed by atoms with Crippen LogP contribution >= 0.6 is 0 Å². The maximum Gasteiger partial charge on any atom is 0.123 e. The fourth-order valence-corrected chi connectivity index (χ4v) is 1.14. The van der Waals surface area contributed by atoms with Gasteiger partial charge in [-0.3, -0.25) is 0 Å². The highest BCUT2D eigenvalue weighted by Crippen LogP contribution is 2.16. The van der Waals surface area contributed by atoms with Crippen LogP contribution in [0.25, 0.3) is 0 Å². The van der Waals surface area contributed by atoms with Crippen molar-refractivity contribution < 1.29 is 4.79 Å². The van der Waals surface area contributed by atoms with Gasteiger partial charge < -0.3 is 4.79 Å². The first kappa shape index (κ1) is 8.67. The smallest absolute Gasteiger partial charge is 0.123 e. The zero-order chi connectivity index (χ0) is 7.28. The van der Waals surface area contributed by atoms with E-state index in [2.05, 4.69) is 13.8 Å². The first-order valence-electron chi connectivity index (χ1n) is 3.71. The Hall–Kier alpha value is -0.330. The zero-order valence-electron chi connectivity index (χ0n) is 6.55. The van der Waals surface area contributed by atoms with Gasteiger partial charge in [-0.1, -0.05) is 33.6 Å². The molecule has 0 aromatic rings. The lowest BCUT2D eigenvalue weighted by atomic mass is 9.91. The molecule has 9 heavy (non-hydrogen) atoms. The summed E-state index contributed by atoms with van der Waals surface area (Å²) in [5.41, 5.74) is 0. The van der Waals surface area contributed by atoms with Gasteiger partial charge in [0.15, 0.2) is 0 Å². The lowest BCUT2D eigenvalue weighted by Gasteiger charge is -2.14. The Morgan fingerprint density at radius 3 is 1.89 bits per heavy atom. The van der Waals surface area contributed by atoms with Crippen LogP contribution in [0, 0.1) is 11.8 Å². The second-order valence-corrected chi connectivity index (χ2v) is 2.57. The molecule has 0 amide bonds.